The van der Waals surface area contributed by atoms with Crippen LogP contribution in [0.2, 0.25) is 0 Å². The standard InChI is InChI=1S/C20H12N2O5/c23-19-15-8-4-5-9-16(15)20(24)21(19)17-11-10-14(12-18(17)22(25)26)27-13-6-2-1-3-7-13/h1-12H. The van der Waals surface area contributed by atoms with Crippen molar-refractivity contribution in [3.8, 4) is 11.5 Å². The number of nitro groups is 1. The van der Waals surface area contributed by atoms with Crippen LogP contribution in [0, 0.1) is 10.1 Å². The van der Waals surface area contributed by atoms with Gasteiger partial charge in [-0.2, -0.15) is 0 Å². The number of para-hydroxylation sites is 1. The van der Waals surface area contributed by atoms with E-state index in [0.29, 0.717) is 5.75 Å². The molecule has 0 atom stereocenters. The largest absolute Gasteiger partial charge is 0.457 e. The van der Waals surface area contributed by atoms with Crippen molar-refractivity contribution in [2.45, 2.75) is 0 Å². The number of carbonyl (C=O) groups is 2. The molecule has 0 aromatic heterocycles. The van der Waals surface area contributed by atoms with Crippen LogP contribution in [0.15, 0.2) is 72.8 Å². The zero-order valence-corrected chi connectivity index (χ0v) is 13.9. The topological polar surface area (TPSA) is 89.8 Å². The lowest BCUT2D eigenvalue weighted by atomic mass is 10.1. The quantitative estimate of drug-likeness (QED) is 0.395. The van der Waals surface area contributed by atoms with Gasteiger partial charge in [-0.15, -0.1) is 0 Å². The predicted octanol–water partition coefficient (Wildman–Crippen LogP) is 4.19. The molecule has 0 fully saturated rings. The third-order valence-corrected chi connectivity index (χ3v) is 4.16. The third-order valence-electron chi connectivity index (χ3n) is 4.16. The van der Waals surface area contributed by atoms with E-state index in [1.165, 1.54) is 30.3 Å². The minimum atomic E-state index is -0.642. The molecule has 0 aliphatic carbocycles. The number of nitro benzene ring substituents is 1. The molecule has 2 amide bonds. The summed E-state index contributed by atoms with van der Waals surface area (Å²) in [6.07, 6.45) is 0. The van der Waals surface area contributed by atoms with Crippen molar-refractivity contribution in [3.05, 3.63) is 94.0 Å². The number of imide groups is 1. The van der Waals surface area contributed by atoms with Crippen molar-refractivity contribution in [2.24, 2.45) is 0 Å². The van der Waals surface area contributed by atoms with Crippen molar-refractivity contribution in [3.63, 3.8) is 0 Å². The molecule has 0 spiro atoms. The highest BCUT2D eigenvalue weighted by Gasteiger charge is 2.39. The smallest absolute Gasteiger partial charge is 0.297 e. The van der Waals surface area contributed by atoms with E-state index in [-0.39, 0.29) is 22.6 Å². The number of fused-ring (bicyclic) bond motifs is 1. The lowest BCUT2D eigenvalue weighted by Gasteiger charge is -2.15. The highest BCUT2D eigenvalue weighted by atomic mass is 16.6. The fraction of sp³-hybridized carbons (Fsp3) is 0. The third kappa shape index (κ3) is 2.81. The van der Waals surface area contributed by atoms with Crippen LogP contribution < -0.4 is 9.64 Å². The molecule has 0 saturated carbocycles. The first-order valence-electron chi connectivity index (χ1n) is 8.05. The van der Waals surface area contributed by atoms with Gasteiger partial charge in [0.05, 0.1) is 22.1 Å². The molecule has 1 aliphatic heterocycles. The molecule has 3 aromatic rings. The SMILES string of the molecule is O=C1c2ccccc2C(=O)N1c1ccc(Oc2ccccc2)cc1[N+](=O)[O-]. The van der Waals surface area contributed by atoms with E-state index in [9.17, 15) is 19.7 Å². The van der Waals surface area contributed by atoms with Gasteiger partial charge in [0.2, 0.25) is 0 Å². The number of hydrogen-bond donors (Lipinski definition) is 0. The Bertz CT molecular complexity index is 1040. The maximum atomic E-state index is 12.6. The van der Waals surface area contributed by atoms with Gasteiger partial charge < -0.3 is 4.74 Å². The van der Waals surface area contributed by atoms with E-state index >= 15 is 0 Å². The van der Waals surface area contributed by atoms with E-state index in [1.54, 1.807) is 36.4 Å². The Hall–Kier alpha value is -4.00. The summed E-state index contributed by atoms with van der Waals surface area (Å²) < 4.78 is 5.61. The van der Waals surface area contributed by atoms with Crippen LogP contribution >= 0.6 is 0 Å². The molecule has 0 unspecified atom stereocenters. The molecule has 4 rings (SSSR count). The molecule has 0 N–H and O–H groups in total. The second-order valence-electron chi connectivity index (χ2n) is 5.81. The van der Waals surface area contributed by atoms with Crippen LogP contribution in [0.4, 0.5) is 11.4 Å². The first-order chi connectivity index (χ1) is 13.1. The predicted molar refractivity (Wildman–Crippen MR) is 97.2 cm³/mol. The number of carbonyl (C=O) groups excluding carboxylic acids is 2. The molecule has 0 saturated heterocycles. The van der Waals surface area contributed by atoms with Crippen molar-refractivity contribution in [1.82, 2.24) is 0 Å². The lowest BCUT2D eigenvalue weighted by molar-refractivity contribution is -0.384. The summed E-state index contributed by atoms with van der Waals surface area (Å²) in [4.78, 5) is 37.0. The van der Waals surface area contributed by atoms with Gasteiger partial charge in [0.25, 0.3) is 17.5 Å². The molecule has 1 aliphatic rings. The zero-order chi connectivity index (χ0) is 19.0. The Labute approximate surface area is 153 Å². The first-order valence-corrected chi connectivity index (χ1v) is 8.05. The van der Waals surface area contributed by atoms with Gasteiger partial charge in [0.1, 0.15) is 17.2 Å². The van der Waals surface area contributed by atoms with Crippen LogP contribution in [0.5, 0.6) is 11.5 Å². The summed E-state index contributed by atoms with van der Waals surface area (Å²) in [5.41, 5.74) is -0.0348. The highest BCUT2D eigenvalue weighted by molar-refractivity contribution is 6.35. The first kappa shape index (κ1) is 16.5. The molecule has 1 heterocycles. The molecule has 0 radical (unpaired) electrons. The van der Waals surface area contributed by atoms with Gasteiger partial charge in [-0.25, -0.2) is 4.90 Å². The Morgan fingerprint density at radius 3 is 1.96 bits per heavy atom. The molecule has 132 valence electrons. The Balaban J connectivity index is 1.75. The molecule has 7 heteroatoms. The normalized spacial score (nSPS) is 12.8. The van der Waals surface area contributed by atoms with Gasteiger partial charge in [-0.05, 0) is 36.4 Å². The van der Waals surface area contributed by atoms with Gasteiger partial charge in [0, 0.05) is 0 Å². The summed E-state index contributed by atoms with van der Waals surface area (Å²) in [6, 6.07) is 19.1. The van der Waals surface area contributed by atoms with Crippen LogP contribution in [-0.4, -0.2) is 16.7 Å². The second kappa shape index (κ2) is 6.38. The summed E-state index contributed by atoms with van der Waals surface area (Å²) >= 11 is 0. The average Bonchev–Trinajstić information content (AvgIpc) is 2.94. The number of amides is 2. The minimum Gasteiger partial charge on any atom is -0.457 e. The molecular formula is C20H12N2O5. The lowest BCUT2D eigenvalue weighted by Crippen LogP contribution is -2.30. The van der Waals surface area contributed by atoms with Gasteiger partial charge >= 0.3 is 0 Å². The van der Waals surface area contributed by atoms with Gasteiger partial charge in [-0.3, -0.25) is 19.7 Å². The zero-order valence-electron chi connectivity index (χ0n) is 13.9. The van der Waals surface area contributed by atoms with Crippen LogP contribution in [0.25, 0.3) is 0 Å². The van der Waals surface area contributed by atoms with E-state index in [2.05, 4.69) is 0 Å². The average molecular weight is 360 g/mol. The highest BCUT2D eigenvalue weighted by Crippen LogP contribution is 2.37. The number of nitrogens with zero attached hydrogens (tertiary/aromatic N) is 2. The monoisotopic (exact) mass is 360 g/mol. The maximum absolute atomic E-state index is 12.6. The maximum Gasteiger partial charge on any atom is 0.297 e. The van der Waals surface area contributed by atoms with E-state index in [4.69, 9.17) is 4.74 Å². The van der Waals surface area contributed by atoms with Crippen LogP contribution in [0.3, 0.4) is 0 Å². The van der Waals surface area contributed by atoms with Crippen LogP contribution in [-0.2, 0) is 0 Å². The van der Waals surface area contributed by atoms with Crippen molar-refractivity contribution < 1.29 is 19.2 Å². The number of hydrogen-bond acceptors (Lipinski definition) is 5. The van der Waals surface area contributed by atoms with Crippen molar-refractivity contribution in [1.29, 1.82) is 0 Å². The fourth-order valence-corrected chi connectivity index (χ4v) is 2.93. The summed E-state index contributed by atoms with van der Waals surface area (Å²) in [6.45, 7) is 0. The fourth-order valence-electron chi connectivity index (χ4n) is 2.93. The van der Waals surface area contributed by atoms with E-state index in [0.717, 1.165) is 4.90 Å². The van der Waals surface area contributed by atoms with Crippen LogP contribution in [0.1, 0.15) is 20.7 Å². The van der Waals surface area contributed by atoms with E-state index < -0.39 is 22.4 Å². The molecular weight excluding hydrogens is 348 g/mol. The Morgan fingerprint density at radius 1 is 0.778 bits per heavy atom. The Morgan fingerprint density at radius 2 is 1.37 bits per heavy atom. The van der Waals surface area contributed by atoms with Gasteiger partial charge in [0.15, 0.2) is 0 Å². The number of benzene rings is 3. The Kier molecular flexibility index (Phi) is 3.89. The number of rotatable bonds is 4. The molecule has 0 bridgehead atoms. The molecule has 3 aromatic carbocycles. The number of ether oxygens (including phenoxy) is 1. The minimum absolute atomic E-state index is 0.0911. The number of anilines is 1. The van der Waals surface area contributed by atoms with Crippen molar-refractivity contribution in [2.75, 3.05) is 4.90 Å². The second-order valence-corrected chi connectivity index (χ2v) is 5.81. The molecule has 7 nitrogen and oxygen atoms in total. The van der Waals surface area contributed by atoms with Crippen molar-refractivity contribution >= 4 is 23.2 Å². The van der Waals surface area contributed by atoms with E-state index in [1.807, 2.05) is 6.07 Å². The summed E-state index contributed by atoms with van der Waals surface area (Å²) in [5.74, 6) is -0.431. The summed E-state index contributed by atoms with van der Waals surface area (Å²) in [5, 5.41) is 11.6. The van der Waals surface area contributed by atoms with Gasteiger partial charge in [-0.1, -0.05) is 30.3 Å². The molecule has 27 heavy (non-hydrogen) atoms. The summed E-state index contributed by atoms with van der Waals surface area (Å²) in [7, 11) is 0.